The molecule has 0 saturated carbocycles. The molecule has 3 aliphatic rings. The van der Waals surface area contributed by atoms with Gasteiger partial charge < -0.3 is 10.2 Å². The molecule has 3 aliphatic heterocycles. The van der Waals surface area contributed by atoms with Crippen LogP contribution in [0.1, 0.15) is 11.1 Å². The van der Waals surface area contributed by atoms with Crippen LogP contribution in [0.3, 0.4) is 0 Å². The van der Waals surface area contributed by atoms with Crippen molar-refractivity contribution >= 4 is 45.2 Å². The first-order valence-electron chi connectivity index (χ1n) is 8.70. The van der Waals surface area contributed by atoms with Crippen LogP contribution in [0.5, 0.6) is 0 Å². The largest absolute Gasteiger partial charge is 0.360 e. The van der Waals surface area contributed by atoms with Crippen molar-refractivity contribution < 1.29 is 0 Å². The number of para-hydroxylation sites is 2. The first-order valence-corrected chi connectivity index (χ1v) is 10.6. The highest BCUT2D eigenvalue weighted by molar-refractivity contribution is 8.17. The van der Waals surface area contributed by atoms with Gasteiger partial charge in [-0.05, 0) is 35.1 Å². The summed E-state index contributed by atoms with van der Waals surface area (Å²) in [5.74, 6) is 0.899. The van der Waals surface area contributed by atoms with Crippen molar-refractivity contribution in [1.82, 2.24) is 10.2 Å². The normalized spacial score (nSPS) is 17.8. The highest BCUT2D eigenvalue weighted by Gasteiger charge is 2.26. The van der Waals surface area contributed by atoms with E-state index in [1.807, 2.05) is 6.07 Å². The zero-order valence-electron chi connectivity index (χ0n) is 14.2. The minimum absolute atomic E-state index is 0.849. The van der Waals surface area contributed by atoms with Gasteiger partial charge in [0.15, 0.2) is 10.3 Å². The van der Waals surface area contributed by atoms with E-state index in [4.69, 9.17) is 9.98 Å². The molecule has 0 fully saturated rings. The van der Waals surface area contributed by atoms with E-state index in [2.05, 4.69) is 58.1 Å². The first kappa shape index (κ1) is 16.0. The van der Waals surface area contributed by atoms with Crippen LogP contribution in [0.15, 0.2) is 69.6 Å². The van der Waals surface area contributed by atoms with E-state index in [1.165, 1.54) is 16.8 Å². The number of hydrogen-bond donors (Lipinski definition) is 1. The summed E-state index contributed by atoms with van der Waals surface area (Å²) in [4.78, 5) is 12.0. The number of fused-ring (bicyclic) bond motifs is 3. The Morgan fingerprint density at radius 3 is 2.65 bits per heavy atom. The Labute approximate surface area is 161 Å². The summed E-state index contributed by atoms with van der Waals surface area (Å²) < 4.78 is 0. The average Bonchev–Trinajstić information content (AvgIpc) is 2.96. The lowest BCUT2D eigenvalue weighted by atomic mass is 10.1. The maximum absolute atomic E-state index is 4.87. The molecule has 0 bridgehead atoms. The van der Waals surface area contributed by atoms with Gasteiger partial charge in [0.1, 0.15) is 0 Å². The number of aliphatic imine (C=N–C) groups is 2. The van der Waals surface area contributed by atoms with E-state index in [9.17, 15) is 0 Å². The van der Waals surface area contributed by atoms with Crippen LogP contribution in [0.2, 0.25) is 0 Å². The Balaban J connectivity index is 1.29. The molecule has 4 nitrogen and oxygen atoms in total. The lowest BCUT2D eigenvalue weighted by molar-refractivity contribution is 0.538. The molecule has 3 heterocycles. The fourth-order valence-electron chi connectivity index (χ4n) is 3.29. The number of thioether (sulfide) groups is 2. The average molecular weight is 379 g/mol. The molecule has 2 aromatic rings. The summed E-state index contributed by atoms with van der Waals surface area (Å²) in [6.07, 6.45) is 1.03. The molecule has 0 aromatic heterocycles. The van der Waals surface area contributed by atoms with Gasteiger partial charge in [-0.2, -0.15) is 0 Å². The Hall–Kier alpha value is -2.18. The van der Waals surface area contributed by atoms with Crippen LogP contribution in [0, 0.1) is 0 Å². The minimum Gasteiger partial charge on any atom is -0.360 e. The molecular weight excluding hydrogens is 360 g/mol. The Kier molecular flexibility index (Phi) is 4.22. The molecule has 130 valence electrons. The van der Waals surface area contributed by atoms with Crippen LogP contribution >= 0.6 is 23.5 Å². The summed E-state index contributed by atoms with van der Waals surface area (Å²) in [5.41, 5.74) is 6.09. The Morgan fingerprint density at radius 2 is 1.77 bits per heavy atom. The van der Waals surface area contributed by atoms with Crippen LogP contribution < -0.4 is 5.32 Å². The van der Waals surface area contributed by atoms with Crippen molar-refractivity contribution in [2.75, 3.05) is 12.3 Å². The molecule has 2 aromatic carbocycles. The van der Waals surface area contributed by atoms with Crippen LogP contribution in [-0.4, -0.2) is 27.5 Å². The van der Waals surface area contributed by atoms with Crippen molar-refractivity contribution in [2.24, 2.45) is 9.98 Å². The molecule has 1 N–H and O–H groups in total. The number of nitrogens with zero attached hydrogens (tertiary/aromatic N) is 3. The zero-order valence-corrected chi connectivity index (χ0v) is 15.8. The SMILES string of the molecule is C1=C(CSC2=Nc3ccccc3CN2)N2CCc3ccccc3N=C2S1. The second-order valence-electron chi connectivity index (χ2n) is 6.34. The van der Waals surface area contributed by atoms with E-state index in [0.717, 1.165) is 47.0 Å². The van der Waals surface area contributed by atoms with Gasteiger partial charge in [-0.1, -0.05) is 59.9 Å². The molecular formula is C20H18N4S2. The number of nitrogens with one attached hydrogen (secondary N) is 1. The van der Waals surface area contributed by atoms with E-state index in [1.54, 1.807) is 23.5 Å². The third-order valence-electron chi connectivity index (χ3n) is 4.69. The Bertz CT molecular complexity index is 948. The molecule has 0 spiro atoms. The molecule has 0 aliphatic carbocycles. The Morgan fingerprint density at radius 1 is 1.00 bits per heavy atom. The van der Waals surface area contributed by atoms with Crippen molar-refractivity contribution in [2.45, 2.75) is 13.0 Å². The highest BCUT2D eigenvalue weighted by Crippen LogP contribution is 2.35. The number of rotatable bonds is 2. The predicted octanol–water partition coefficient (Wildman–Crippen LogP) is 4.64. The second-order valence-corrected chi connectivity index (χ2v) is 8.14. The molecule has 0 unspecified atom stereocenters. The molecule has 6 heteroatoms. The second kappa shape index (κ2) is 6.85. The third kappa shape index (κ3) is 3.04. The van der Waals surface area contributed by atoms with Gasteiger partial charge in [0.05, 0.1) is 11.4 Å². The van der Waals surface area contributed by atoms with Crippen molar-refractivity contribution in [3.8, 4) is 0 Å². The standard InChI is InChI=1S/C20H18N4S2/c1-3-7-17-14(5-1)9-10-24-16(13-26-20(24)23-17)12-25-19-21-11-15-6-2-4-8-18(15)22-19/h1-8,13H,9-12H2,(H,21,22). The lowest BCUT2D eigenvalue weighted by Gasteiger charge is -2.22. The monoisotopic (exact) mass is 378 g/mol. The topological polar surface area (TPSA) is 40.0 Å². The van der Waals surface area contributed by atoms with E-state index in [-0.39, 0.29) is 0 Å². The van der Waals surface area contributed by atoms with Gasteiger partial charge in [-0.25, -0.2) is 9.98 Å². The van der Waals surface area contributed by atoms with Crippen molar-refractivity contribution in [1.29, 1.82) is 0 Å². The van der Waals surface area contributed by atoms with Crippen molar-refractivity contribution in [3.05, 3.63) is 70.8 Å². The van der Waals surface area contributed by atoms with Gasteiger partial charge in [-0.3, -0.25) is 0 Å². The maximum atomic E-state index is 4.87. The first-order chi connectivity index (χ1) is 12.9. The molecule has 26 heavy (non-hydrogen) atoms. The minimum atomic E-state index is 0.849. The number of amidine groups is 2. The maximum Gasteiger partial charge on any atom is 0.173 e. The van der Waals surface area contributed by atoms with E-state index in [0.29, 0.717) is 0 Å². The quantitative estimate of drug-likeness (QED) is 0.826. The fraction of sp³-hybridized carbons (Fsp3) is 0.200. The van der Waals surface area contributed by atoms with Gasteiger partial charge >= 0.3 is 0 Å². The summed E-state index contributed by atoms with van der Waals surface area (Å²) in [5, 5.41) is 7.75. The molecule has 0 radical (unpaired) electrons. The number of benzene rings is 2. The summed E-state index contributed by atoms with van der Waals surface area (Å²) in [7, 11) is 0. The van der Waals surface area contributed by atoms with E-state index < -0.39 is 0 Å². The summed E-state index contributed by atoms with van der Waals surface area (Å²) in [6.45, 7) is 1.83. The van der Waals surface area contributed by atoms with Gasteiger partial charge in [-0.15, -0.1) is 0 Å². The van der Waals surface area contributed by atoms with E-state index >= 15 is 0 Å². The van der Waals surface area contributed by atoms with Gasteiger partial charge in [0.2, 0.25) is 0 Å². The lowest BCUT2D eigenvalue weighted by Crippen LogP contribution is -2.28. The van der Waals surface area contributed by atoms with Crippen LogP contribution in [0.25, 0.3) is 0 Å². The third-order valence-corrected chi connectivity index (χ3v) is 6.55. The van der Waals surface area contributed by atoms with Gasteiger partial charge in [0, 0.05) is 24.5 Å². The highest BCUT2D eigenvalue weighted by atomic mass is 32.2. The number of hydrogen-bond acceptors (Lipinski definition) is 6. The van der Waals surface area contributed by atoms with Gasteiger partial charge in [0.25, 0.3) is 0 Å². The predicted molar refractivity (Wildman–Crippen MR) is 112 cm³/mol. The fourth-order valence-corrected chi connectivity index (χ4v) is 5.20. The molecule has 0 saturated heterocycles. The smallest absolute Gasteiger partial charge is 0.173 e. The summed E-state index contributed by atoms with van der Waals surface area (Å²) >= 11 is 3.49. The van der Waals surface area contributed by atoms with Crippen molar-refractivity contribution in [3.63, 3.8) is 0 Å². The molecule has 5 rings (SSSR count). The summed E-state index contributed by atoms with van der Waals surface area (Å²) in [6, 6.07) is 16.8. The zero-order chi connectivity index (χ0) is 17.3. The van der Waals surface area contributed by atoms with Crippen LogP contribution in [0.4, 0.5) is 11.4 Å². The molecule has 0 amide bonds. The molecule has 0 atom stereocenters. The van der Waals surface area contributed by atoms with Crippen LogP contribution in [-0.2, 0) is 13.0 Å².